The molecule has 0 fully saturated rings. The summed E-state index contributed by atoms with van der Waals surface area (Å²) in [6.45, 7) is 5.38. The lowest BCUT2D eigenvalue weighted by atomic mass is 10.0. The lowest BCUT2D eigenvalue weighted by Gasteiger charge is -2.21. The number of carbonyl (C=O) groups excluding carboxylic acids is 1. The molecule has 4 aromatic rings. The van der Waals surface area contributed by atoms with Gasteiger partial charge in [-0.15, -0.1) is 0 Å². The van der Waals surface area contributed by atoms with E-state index in [0.29, 0.717) is 17.4 Å². The summed E-state index contributed by atoms with van der Waals surface area (Å²) in [7, 11) is 2.86. The average molecular weight is 505 g/mol. The zero-order valence-corrected chi connectivity index (χ0v) is 21.3. The van der Waals surface area contributed by atoms with Crippen molar-refractivity contribution in [1.82, 2.24) is 4.98 Å². The van der Waals surface area contributed by atoms with Crippen molar-refractivity contribution in [2.24, 2.45) is 0 Å². The van der Waals surface area contributed by atoms with Gasteiger partial charge in [-0.3, -0.25) is 9.59 Å². The highest BCUT2D eigenvalue weighted by Crippen LogP contribution is 2.32. The third-order valence-electron chi connectivity index (χ3n) is 5.74. The number of hydrogen-bond acceptors (Lipinski definition) is 9. The summed E-state index contributed by atoms with van der Waals surface area (Å²) in [5.74, 6) is 1.07. The lowest BCUT2D eigenvalue weighted by molar-refractivity contribution is -0.141. The van der Waals surface area contributed by atoms with Gasteiger partial charge in [-0.25, -0.2) is 9.78 Å². The summed E-state index contributed by atoms with van der Waals surface area (Å²) >= 11 is 0. The van der Waals surface area contributed by atoms with Crippen LogP contribution in [0, 0.1) is 6.92 Å². The number of aromatic nitrogens is 1. The number of aryl methyl sites for hydroxylation is 1. The van der Waals surface area contributed by atoms with Gasteiger partial charge in [-0.05, 0) is 62.1 Å². The first-order valence-electron chi connectivity index (χ1n) is 11.8. The van der Waals surface area contributed by atoms with Crippen LogP contribution in [-0.2, 0) is 16.0 Å². The fraction of sp³-hybridized carbons (Fsp3) is 0.286. The predicted octanol–water partition coefficient (Wildman–Crippen LogP) is 3.92. The van der Waals surface area contributed by atoms with Gasteiger partial charge < -0.3 is 24.3 Å². The van der Waals surface area contributed by atoms with E-state index in [-0.39, 0.29) is 24.0 Å². The van der Waals surface area contributed by atoms with Gasteiger partial charge in [0, 0.05) is 17.5 Å². The van der Waals surface area contributed by atoms with Crippen molar-refractivity contribution in [3.8, 4) is 23.1 Å². The van der Waals surface area contributed by atoms with Gasteiger partial charge in [-0.1, -0.05) is 18.2 Å². The molecule has 0 aliphatic heterocycles. The second-order valence-electron chi connectivity index (χ2n) is 8.86. The lowest BCUT2D eigenvalue weighted by Crippen LogP contribution is -2.42. The van der Waals surface area contributed by atoms with Gasteiger partial charge in [0.2, 0.25) is 5.88 Å². The van der Waals surface area contributed by atoms with Crippen molar-refractivity contribution >= 4 is 22.4 Å². The molecule has 0 amide bonds. The number of fused-ring (bicyclic) bond motifs is 1. The van der Waals surface area contributed by atoms with Crippen LogP contribution in [0.5, 0.6) is 23.1 Å². The molecular formula is C28H28N2O7. The van der Waals surface area contributed by atoms with Crippen molar-refractivity contribution in [2.75, 3.05) is 19.5 Å². The van der Waals surface area contributed by atoms with Gasteiger partial charge in [0.15, 0.2) is 5.75 Å². The first-order valence-corrected chi connectivity index (χ1v) is 11.8. The molecule has 9 heteroatoms. The minimum Gasteiger partial charge on any atom is -0.497 e. The highest BCUT2D eigenvalue weighted by atomic mass is 16.5. The first-order chi connectivity index (χ1) is 17.7. The molecular weight excluding hydrogens is 476 g/mol. The molecule has 0 aliphatic carbocycles. The summed E-state index contributed by atoms with van der Waals surface area (Å²) in [5.41, 5.74) is 0.153. The Labute approximate surface area is 213 Å². The third-order valence-corrected chi connectivity index (χ3v) is 5.74. The van der Waals surface area contributed by atoms with E-state index in [1.165, 1.54) is 7.11 Å². The Hall–Kier alpha value is -4.40. The summed E-state index contributed by atoms with van der Waals surface area (Å²) < 4.78 is 21.8. The Morgan fingerprint density at radius 3 is 2.32 bits per heavy atom. The minimum atomic E-state index is -0.899. The molecule has 1 N–H and O–H groups in total. The van der Waals surface area contributed by atoms with Gasteiger partial charge in [-0.2, -0.15) is 0 Å². The van der Waals surface area contributed by atoms with E-state index >= 15 is 0 Å². The number of hydrogen-bond donors (Lipinski definition) is 1. The molecule has 0 unspecified atom stereocenters. The molecule has 3 aromatic carbocycles. The Kier molecular flexibility index (Phi) is 7.42. The normalized spacial score (nSPS) is 11.9. The quantitative estimate of drug-likeness (QED) is 0.254. The molecule has 0 saturated carbocycles. The first kappa shape index (κ1) is 25.7. The van der Waals surface area contributed by atoms with Crippen molar-refractivity contribution in [1.29, 1.82) is 0 Å². The predicted molar refractivity (Wildman–Crippen MR) is 140 cm³/mol. The van der Waals surface area contributed by atoms with E-state index in [0.717, 1.165) is 22.0 Å². The Bertz CT molecular complexity index is 1500. The van der Waals surface area contributed by atoms with Crippen LogP contribution < -0.4 is 30.4 Å². The van der Waals surface area contributed by atoms with Crippen molar-refractivity contribution in [3.63, 3.8) is 0 Å². The second-order valence-corrected chi connectivity index (χ2v) is 8.86. The van der Waals surface area contributed by atoms with Crippen LogP contribution in [-0.4, -0.2) is 37.3 Å². The molecule has 0 radical (unpaired) electrons. The number of esters is 1. The minimum absolute atomic E-state index is 0.0121. The van der Waals surface area contributed by atoms with E-state index in [2.05, 4.69) is 10.3 Å². The standard InChI is InChI=1S/C28H28N2O7/c1-15(2)36-26-23(24(31)25(26)32)30-22(28(33)35-5)13-17-6-9-19(10-7-17)37-27-21-14-20(34-4)11-8-18(21)12-16(3)29-27/h6-12,14-15,22,30H,13H2,1-5H3/t22-/m0/s1. The summed E-state index contributed by atoms with van der Waals surface area (Å²) in [4.78, 5) is 41.0. The zero-order valence-electron chi connectivity index (χ0n) is 21.3. The third kappa shape index (κ3) is 5.55. The maximum atomic E-state index is 12.4. The fourth-order valence-corrected chi connectivity index (χ4v) is 3.93. The van der Waals surface area contributed by atoms with Crippen molar-refractivity contribution < 1.29 is 23.7 Å². The monoisotopic (exact) mass is 504 g/mol. The number of benzene rings is 2. The van der Waals surface area contributed by atoms with Crippen LogP contribution >= 0.6 is 0 Å². The van der Waals surface area contributed by atoms with Gasteiger partial charge in [0.05, 0.1) is 20.3 Å². The largest absolute Gasteiger partial charge is 0.497 e. The molecule has 192 valence electrons. The highest BCUT2D eigenvalue weighted by Gasteiger charge is 2.29. The fourth-order valence-electron chi connectivity index (χ4n) is 3.93. The van der Waals surface area contributed by atoms with Crippen molar-refractivity contribution in [2.45, 2.75) is 39.3 Å². The average Bonchev–Trinajstić information content (AvgIpc) is 2.89. The van der Waals surface area contributed by atoms with Gasteiger partial charge in [0.25, 0.3) is 10.9 Å². The molecule has 0 saturated heterocycles. The molecule has 4 rings (SSSR count). The van der Waals surface area contributed by atoms with Crippen molar-refractivity contribution in [3.05, 3.63) is 80.2 Å². The number of methoxy groups -OCH3 is 2. The van der Waals surface area contributed by atoms with Crippen LogP contribution in [0.4, 0.5) is 5.69 Å². The molecule has 0 spiro atoms. The molecule has 0 bridgehead atoms. The second kappa shape index (κ2) is 10.7. The summed E-state index contributed by atoms with van der Waals surface area (Å²) in [6, 6.07) is 13.9. The maximum absolute atomic E-state index is 12.4. The SMILES string of the molecule is COC(=O)[C@H](Cc1ccc(Oc2nc(C)cc3ccc(OC)cc23)cc1)Nc1c(OC(C)C)c(=O)c1=O. The zero-order chi connectivity index (χ0) is 26.7. The van der Waals surface area contributed by atoms with Gasteiger partial charge in [0.1, 0.15) is 23.2 Å². The molecule has 0 aliphatic rings. The molecule has 37 heavy (non-hydrogen) atoms. The van der Waals surface area contributed by atoms with E-state index in [9.17, 15) is 14.4 Å². The van der Waals surface area contributed by atoms with Crippen LogP contribution in [0.25, 0.3) is 10.8 Å². The number of nitrogens with one attached hydrogen (secondary N) is 1. The highest BCUT2D eigenvalue weighted by molar-refractivity contribution is 5.88. The topological polar surface area (TPSA) is 113 Å². The van der Waals surface area contributed by atoms with Gasteiger partial charge >= 0.3 is 5.97 Å². The number of pyridine rings is 1. The molecule has 1 atom stereocenters. The molecule has 1 heterocycles. The smallest absolute Gasteiger partial charge is 0.328 e. The molecule has 9 nitrogen and oxygen atoms in total. The Morgan fingerprint density at radius 1 is 0.973 bits per heavy atom. The number of carbonyl (C=O) groups is 1. The summed E-state index contributed by atoms with van der Waals surface area (Å²) in [6.07, 6.45) is -0.0931. The summed E-state index contributed by atoms with van der Waals surface area (Å²) in [5, 5.41) is 4.63. The Balaban J connectivity index is 1.53. The van der Waals surface area contributed by atoms with E-state index in [1.54, 1.807) is 45.2 Å². The van der Waals surface area contributed by atoms with Crippen LogP contribution in [0.15, 0.2) is 58.1 Å². The number of anilines is 1. The van der Waals surface area contributed by atoms with Crippen LogP contribution in [0.2, 0.25) is 0 Å². The van der Waals surface area contributed by atoms with E-state index < -0.39 is 22.9 Å². The number of ether oxygens (including phenoxy) is 4. The van der Waals surface area contributed by atoms with Crippen LogP contribution in [0.3, 0.4) is 0 Å². The molecule has 1 aromatic heterocycles. The number of rotatable bonds is 10. The maximum Gasteiger partial charge on any atom is 0.328 e. The number of nitrogens with zero attached hydrogens (tertiary/aromatic N) is 1. The Morgan fingerprint density at radius 2 is 1.68 bits per heavy atom. The van der Waals surface area contributed by atoms with E-state index in [4.69, 9.17) is 18.9 Å². The van der Waals surface area contributed by atoms with E-state index in [1.807, 2.05) is 31.2 Å². The van der Waals surface area contributed by atoms with Crippen LogP contribution in [0.1, 0.15) is 25.1 Å².